The molecular weight excluding hydrogens is 350 g/mol. The molecule has 114 valence electrons. The van der Waals surface area contributed by atoms with Gasteiger partial charge in [0, 0.05) is 10.9 Å². The van der Waals surface area contributed by atoms with Gasteiger partial charge >= 0.3 is 0 Å². The number of rotatable bonds is 3. The van der Waals surface area contributed by atoms with Gasteiger partial charge in [-0.15, -0.1) is 0 Å². The summed E-state index contributed by atoms with van der Waals surface area (Å²) in [6, 6.07) is 7.44. The van der Waals surface area contributed by atoms with Gasteiger partial charge in [0.2, 0.25) is 17.7 Å². The maximum atomic E-state index is 12.7. The van der Waals surface area contributed by atoms with Crippen LogP contribution in [-0.2, 0) is 21.5 Å². The van der Waals surface area contributed by atoms with Gasteiger partial charge in [-0.1, -0.05) is 33.2 Å². The van der Waals surface area contributed by atoms with Crippen LogP contribution >= 0.6 is 15.9 Å². The van der Waals surface area contributed by atoms with Crippen molar-refractivity contribution in [3.8, 4) is 0 Å². The third kappa shape index (κ3) is 2.45. The summed E-state index contributed by atoms with van der Waals surface area (Å²) in [5, 5.41) is 3.67. The topological polar surface area (TPSA) is 76.3 Å². The van der Waals surface area contributed by atoms with Gasteiger partial charge in [-0.05, 0) is 31.5 Å². The van der Waals surface area contributed by atoms with Gasteiger partial charge in [0.15, 0.2) is 5.82 Å². The lowest BCUT2D eigenvalue weighted by atomic mass is 9.81. The Morgan fingerprint density at radius 3 is 2.59 bits per heavy atom. The number of halogens is 1. The minimum atomic E-state index is -0.854. The molecular formula is C15H14BrN3O3. The number of nitrogens with zero attached hydrogens (tertiary/aromatic N) is 3. The van der Waals surface area contributed by atoms with E-state index in [4.69, 9.17) is 4.52 Å². The second-order valence-electron chi connectivity index (χ2n) is 5.54. The summed E-state index contributed by atoms with van der Waals surface area (Å²) < 4.78 is 5.92. The zero-order chi connectivity index (χ0) is 15.9. The largest absolute Gasteiger partial charge is 0.337 e. The quantitative estimate of drug-likeness (QED) is 0.782. The van der Waals surface area contributed by atoms with E-state index in [0.29, 0.717) is 5.82 Å². The molecule has 2 aromatic rings. The fourth-order valence-corrected chi connectivity index (χ4v) is 2.89. The van der Waals surface area contributed by atoms with E-state index < -0.39 is 5.41 Å². The first-order chi connectivity index (χ1) is 10.4. The molecule has 1 saturated heterocycles. The van der Waals surface area contributed by atoms with Crippen molar-refractivity contribution in [2.45, 2.75) is 32.2 Å². The fourth-order valence-electron chi connectivity index (χ4n) is 2.63. The number of imide groups is 1. The van der Waals surface area contributed by atoms with E-state index in [1.54, 1.807) is 13.8 Å². The van der Waals surface area contributed by atoms with E-state index in [2.05, 4.69) is 26.1 Å². The predicted octanol–water partition coefficient (Wildman–Crippen LogP) is 2.36. The number of hydrogen-bond acceptors (Lipinski definition) is 5. The van der Waals surface area contributed by atoms with Gasteiger partial charge < -0.3 is 4.52 Å². The molecule has 7 heteroatoms. The molecule has 0 spiro atoms. The first kappa shape index (κ1) is 14.9. The van der Waals surface area contributed by atoms with Crippen molar-refractivity contribution in [2.75, 3.05) is 0 Å². The lowest BCUT2D eigenvalue weighted by Gasteiger charge is -2.22. The number of benzene rings is 1. The van der Waals surface area contributed by atoms with Gasteiger partial charge in [-0.2, -0.15) is 4.98 Å². The van der Waals surface area contributed by atoms with Crippen LogP contribution in [0.2, 0.25) is 0 Å². The zero-order valence-corrected chi connectivity index (χ0v) is 13.8. The van der Waals surface area contributed by atoms with E-state index in [9.17, 15) is 9.59 Å². The van der Waals surface area contributed by atoms with Crippen LogP contribution in [0.15, 0.2) is 33.3 Å². The lowest BCUT2D eigenvalue weighted by molar-refractivity contribution is -0.140. The number of carbonyl (C=O) groups is 2. The van der Waals surface area contributed by atoms with Crippen molar-refractivity contribution in [1.82, 2.24) is 15.0 Å². The Balaban J connectivity index is 1.88. The maximum Gasteiger partial charge on any atom is 0.246 e. The summed E-state index contributed by atoms with van der Waals surface area (Å²) in [5.74, 6) is 0.269. The molecule has 0 aliphatic carbocycles. The molecule has 6 nitrogen and oxygen atoms in total. The fraction of sp³-hybridized carbons (Fsp3) is 0.333. The first-order valence-electron chi connectivity index (χ1n) is 6.80. The van der Waals surface area contributed by atoms with Crippen LogP contribution in [0.4, 0.5) is 0 Å². The van der Waals surface area contributed by atoms with E-state index in [1.807, 2.05) is 24.3 Å². The second-order valence-corrected chi connectivity index (χ2v) is 6.45. The SMILES string of the molecule is Cc1noc(CN2C(=O)CC(C)(c3ccc(Br)cc3)C2=O)n1. The lowest BCUT2D eigenvalue weighted by Crippen LogP contribution is -2.36. The molecule has 1 fully saturated rings. The molecule has 1 aromatic heterocycles. The van der Waals surface area contributed by atoms with Gasteiger partial charge in [0.1, 0.15) is 6.54 Å². The molecule has 2 amide bonds. The summed E-state index contributed by atoms with van der Waals surface area (Å²) in [6.45, 7) is 3.49. The summed E-state index contributed by atoms with van der Waals surface area (Å²) >= 11 is 3.37. The maximum absolute atomic E-state index is 12.7. The van der Waals surface area contributed by atoms with Crippen molar-refractivity contribution >= 4 is 27.7 Å². The van der Waals surface area contributed by atoms with E-state index in [-0.39, 0.29) is 30.7 Å². The van der Waals surface area contributed by atoms with E-state index in [0.717, 1.165) is 10.0 Å². The summed E-state index contributed by atoms with van der Waals surface area (Å²) in [7, 11) is 0. The van der Waals surface area contributed by atoms with Crippen molar-refractivity contribution < 1.29 is 14.1 Å². The standard InChI is InChI=1S/C15H14BrN3O3/c1-9-17-12(22-18-9)8-19-13(20)7-15(2,14(19)21)10-3-5-11(16)6-4-10/h3-6H,7-8H2,1-2H3. The predicted molar refractivity (Wildman–Crippen MR) is 80.7 cm³/mol. The summed E-state index contributed by atoms with van der Waals surface area (Å²) in [4.78, 5) is 30.2. The Kier molecular flexibility index (Phi) is 3.60. The number of amides is 2. The van der Waals surface area contributed by atoms with Crippen LogP contribution in [0.25, 0.3) is 0 Å². The average molecular weight is 364 g/mol. The minimum Gasteiger partial charge on any atom is -0.337 e. The highest BCUT2D eigenvalue weighted by Crippen LogP contribution is 2.37. The normalized spacial score (nSPS) is 21.7. The van der Waals surface area contributed by atoms with Crippen LogP contribution in [0.5, 0.6) is 0 Å². The number of aromatic nitrogens is 2. The molecule has 1 aromatic carbocycles. The van der Waals surface area contributed by atoms with Gasteiger partial charge in [0.05, 0.1) is 5.41 Å². The average Bonchev–Trinajstić information content (AvgIpc) is 2.97. The minimum absolute atomic E-state index is 0.0185. The molecule has 1 aliphatic rings. The molecule has 0 radical (unpaired) electrons. The number of hydrogen-bond donors (Lipinski definition) is 0. The van der Waals surface area contributed by atoms with Crippen molar-refractivity contribution in [1.29, 1.82) is 0 Å². The van der Waals surface area contributed by atoms with Crippen LogP contribution in [0.1, 0.15) is 30.6 Å². The Labute approximate surface area is 135 Å². The van der Waals surface area contributed by atoms with Crippen LogP contribution in [0.3, 0.4) is 0 Å². The van der Waals surface area contributed by atoms with Gasteiger partial charge in [0.25, 0.3) is 0 Å². The van der Waals surface area contributed by atoms with Crippen molar-refractivity contribution in [2.24, 2.45) is 0 Å². The molecule has 1 atom stereocenters. The Morgan fingerprint density at radius 2 is 2.00 bits per heavy atom. The molecule has 3 rings (SSSR count). The Hall–Kier alpha value is -2.02. The number of carbonyl (C=O) groups excluding carboxylic acids is 2. The van der Waals surface area contributed by atoms with E-state index in [1.165, 1.54) is 4.90 Å². The zero-order valence-electron chi connectivity index (χ0n) is 12.2. The molecule has 0 N–H and O–H groups in total. The molecule has 22 heavy (non-hydrogen) atoms. The van der Waals surface area contributed by atoms with Gasteiger partial charge in [-0.25, -0.2) is 0 Å². The number of aryl methyl sites for hydroxylation is 1. The third-order valence-electron chi connectivity index (χ3n) is 3.87. The van der Waals surface area contributed by atoms with Crippen molar-refractivity contribution in [3.05, 3.63) is 46.0 Å². The Morgan fingerprint density at radius 1 is 1.32 bits per heavy atom. The highest BCUT2D eigenvalue weighted by atomic mass is 79.9. The van der Waals surface area contributed by atoms with Gasteiger partial charge in [-0.3, -0.25) is 14.5 Å². The molecule has 2 heterocycles. The molecule has 1 unspecified atom stereocenters. The molecule has 1 aliphatic heterocycles. The first-order valence-corrected chi connectivity index (χ1v) is 7.59. The number of likely N-dealkylation sites (tertiary alicyclic amines) is 1. The van der Waals surface area contributed by atoms with Crippen LogP contribution in [-0.4, -0.2) is 26.9 Å². The third-order valence-corrected chi connectivity index (χ3v) is 4.40. The smallest absolute Gasteiger partial charge is 0.246 e. The summed E-state index contributed by atoms with van der Waals surface area (Å²) in [5.41, 5.74) is -0.0365. The van der Waals surface area contributed by atoms with Crippen LogP contribution in [0, 0.1) is 6.92 Å². The monoisotopic (exact) mass is 363 g/mol. The summed E-state index contributed by atoms with van der Waals surface area (Å²) in [6.07, 6.45) is 0.139. The highest BCUT2D eigenvalue weighted by Gasteiger charge is 2.49. The highest BCUT2D eigenvalue weighted by molar-refractivity contribution is 9.10. The second kappa shape index (κ2) is 5.31. The molecule has 0 saturated carbocycles. The molecule has 0 bridgehead atoms. The van der Waals surface area contributed by atoms with Crippen LogP contribution < -0.4 is 0 Å². The van der Waals surface area contributed by atoms with Crippen molar-refractivity contribution in [3.63, 3.8) is 0 Å². The van der Waals surface area contributed by atoms with E-state index >= 15 is 0 Å². The Bertz CT molecular complexity index is 741.